The summed E-state index contributed by atoms with van der Waals surface area (Å²) in [6, 6.07) is 10.8. The summed E-state index contributed by atoms with van der Waals surface area (Å²) in [5.74, 6) is -3.15. The Morgan fingerprint density at radius 2 is 1.67 bits per heavy atom. The molecule has 0 aliphatic rings. The van der Waals surface area contributed by atoms with Crippen LogP contribution in [0.5, 0.6) is 0 Å². The van der Waals surface area contributed by atoms with E-state index in [4.69, 9.17) is 4.42 Å². The zero-order valence-electron chi connectivity index (χ0n) is 13.5. The maximum Gasteiger partial charge on any atom is 0.522 e. The predicted octanol–water partition coefficient (Wildman–Crippen LogP) is 2.58. The Labute approximate surface area is 149 Å². The molecule has 1 aromatic heterocycles. The van der Waals surface area contributed by atoms with Gasteiger partial charge in [0.05, 0.1) is 6.61 Å². The molecule has 0 radical (unpaired) electrons. The highest BCUT2D eigenvalue weighted by Crippen LogP contribution is 2.34. The molecule has 142 valence electrons. The number of ether oxygens (including phenoxy) is 1. The zero-order valence-corrected chi connectivity index (χ0v) is 13.5. The van der Waals surface area contributed by atoms with E-state index in [1.807, 2.05) is 0 Å². The Hall–Kier alpha value is -2.72. The molecule has 3 aromatic rings. The third kappa shape index (κ3) is 4.34. The molecule has 0 fully saturated rings. The summed E-state index contributed by atoms with van der Waals surface area (Å²) in [4.78, 5) is 11.9. The van der Waals surface area contributed by atoms with Gasteiger partial charge in [0, 0.05) is 22.6 Å². The number of halogens is 3. The lowest BCUT2D eigenvalue weighted by Crippen LogP contribution is -2.24. The van der Waals surface area contributed by atoms with Gasteiger partial charge in [-0.25, -0.2) is 4.79 Å². The van der Waals surface area contributed by atoms with E-state index >= 15 is 0 Å². The van der Waals surface area contributed by atoms with Gasteiger partial charge in [-0.05, 0) is 17.2 Å². The largest absolute Gasteiger partial charge is 0.522 e. The molecular weight excluding hydrogens is 369 g/mol. The first-order valence-corrected chi connectivity index (χ1v) is 7.59. The minimum absolute atomic E-state index is 0.0185. The van der Waals surface area contributed by atoms with Gasteiger partial charge < -0.3 is 19.7 Å². The van der Waals surface area contributed by atoms with Gasteiger partial charge in [-0.15, -0.1) is 13.2 Å². The first kappa shape index (κ1) is 19.1. The Balaban J connectivity index is 2.15. The van der Waals surface area contributed by atoms with Crippen molar-refractivity contribution in [3.8, 4) is 11.1 Å². The van der Waals surface area contributed by atoms with Crippen LogP contribution >= 0.6 is 0 Å². The quantitative estimate of drug-likeness (QED) is 0.474. The maximum atomic E-state index is 12.2. The van der Waals surface area contributed by atoms with Crippen LogP contribution in [-0.2, 0) is 17.3 Å². The Morgan fingerprint density at radius 3 is 2.33 bits per heavy atom. The van der Waals surface area contributed by atoms with Crippen LogP contribution in [0.1, 0.15) is 11.1 Å². The van der Waals surface area contributed by atoms with E-state index in [0.717, 1.165) is 6.07 Å². The Kier molecular flexibility index (Phi) is 4.79. The molecule has 2 aromatic carbocycles. The van der Waals surface area contributed by atoms with E-state index in [0.29, 0.717) is 5.39 Å². The Bertz CT molecular complexity index is 1030. The van der Waals surface area contributed by atoms with Crippen molar-refractivity contribution in [2.75, 3.05) is 0 Å². The van der Waals surface area contributed by atoms with Gasteiger partial charge in [0.15, 0.2) is 0 Å². The summed E-state index contributed by atoms with van der Waals surface area (Å²) < 4.78 is 45.4. The summed E-state index contributed by atoms with van der Waals surface area (Å²) in [5, 5.41) is 29.0. The van der Waals surface area contributed by atoms with Crippen LogP contribution in [0, 0.1) is 0 Å². The van der Waals surface area contributed by atoms with Crippen molar-refractivity contribution >= 4 is 11.0 Å². The van der Waals surface area contributed by atoms with Gasteiger partial charge in [0.2, 0.25) is 0 Å². The van der Waals surface area contributed by atoms with Crippen LogP contribution in [-0.4, -0.2) is 21.7 Å². The normalized spacial score (nSPS) is 12.5. The molecule has 1 heterocycles. The van der Waals surface area contributed by atoms with Crippen LogP contribution in [0.15, 0.2) is 57.7 Å². The first-order valence-electron chi connectivity index (χ1n) is 7.59. The van der Waals surface area contributed by atoms with Crippen molar-refractivity contribution in [1.82, 2.24) is 0 Å². The van der Waals surface area contributed by atoms with E-state index in [1.54, 1.807) is 6.07 Å². The van der Waals surface area contributed by atoms with Crippen LogP contribution in [0.4, 0.5) is 13.2 Å². The molecule has 0 bridgehead atoms. The smallest absolute Gasteiger partial charge is 0.423 e. The van der Waals surface area contributed by atoms with Gasteiger partial charge in [-0.2, -0.15) is 0 Å². The molecule has 0 spiro atoms. The molecule has 6 nitrogen and oxygen atoms in total. The predicted molar refractivity (Wildman–Crippen MR) is 87.1 cm³/mol. The fraction of sp³-hybridized carbons (Fsp3) is 0.167. The van der Waals surface area contributed by atoms with Crippen molar-refractivity contribution < 1.29 is 37.6 Å². The molecule has 0 atom stereocenters. The molecule has 27 heavy (non-hydrogen) atoms. The van der Waals surface area contributed by atoms with Gasteiger partial charge in [-0.3, -0.25) is 4.74 Å². The standard InChI is InChI=1S/C18H13F3O6/c19-18(20,21)26-9-10-5-6-12-13(8-16(22)27-15(12)7-10)11-3-1-2-4-14(11)17(23,24)25/h1-8,23-25H,9H2. The lowest BCUT2D eigenvalue weighted by molar-refractivity contribution is -0.330. The van der Waals surface area contributed by atoms with Crippen LogP contribution in [0.2, 0.25) is 0 Å². The van der Waals surface area contributed by atoms with Gasteiger partial charge in [-0.1, -0.05) is 36.4 Å². The average molecular weight is 382 g/mol. The fourth-order valence-electron chi connectivity index (χ4n) is 2.70. The molecule has 0 saturated carbocycles. The van der Waals surface area contributed by atoms with E-state index < -0.39 is 24.6 Å². The van der Waals surface area contributed by atoms with E-state index in [1.165, 1.54) is 36.4 Å². The number of rotatable bonds is 4. The number of hydrogen-bond donors (Lipinski definition) is 3. The number of benzene rings is 2. The molecule has 0 unspecified atom stereocenters. The maximum absolute atomic E-state index is 12.2. The highest BCUT2D eigenvalue weighted by molar-refractivity contribution is 5.94. The summed E-state index contributed by atoms with van der Waals surface area (Å²) in [5.41, 5.74) is -0.630. The van der Waals surface area contributed by atoms with Crippen LogP contribution in [0.25, 0.3) is 22.1 Å². The van der Waals surface area contributed by atoms with Gasteiger partial charge in [0.1, 0.15) is 5.58 Å². The molecule has 0 amide bonds. The first-order chi connectivity index (χ1) is 12.5. The van der Waals surface area contributed by atoms with E-state index in [2.05, 4.69) is 4.74 Å². The summed E-state index contributed by atoms with van der Waals surface area (Å²) in [6.07, 6.45) is -4.80. The van der Waals surface area contributed by atoms with Crippen LogP contribution < -0.4 is 5.63 Å². The molecule has 9 heteroatoms. The summed E-state index contributed by atoms with van der Waals surface area (Å²) in [7, 11) is 0. The summed E-state index contributed by atoms with van der Waals surface area (Å²) >= 11 is 0. The highest BCUT2D eigenvalue weighted by atomic mass is 19.4. The van der Waals surface area contributed by atoms with Gasteiger partial charge >= 0.3 is 18.0 Å². The zero-order chi connectivity index (χ0) is 19.8. The van der Waals surface area contributed by atoms with Crippen molar-refractivity contribution in [3.63, 3.8) is 0 Å². The molecular formula is C18H13F3O6. The lowest BCUT2D eigenvalue weighted by atomic mass is 9.95. The number of alkyl halides is 3. The van der Waals surface area contributed by atoms with E-state index in [-0.39, 0.29) is 27.8 Å². The number of hydrogen-bond acceptors (Lipinski definition) is 6. The van der Waals surface area contributed by atoms with Crippen molar-refractivity contribution in [2.45, 2.75) is 18.9 Å². The Morgan fingerprint density at radius 1 is 0.963 bits per heavy atom. The third-order valence-corrected chi connectivity index (χ3v) is 3.79. The second-order valence-corrected chi connectivity index (χ2v) is 5.73. The topological polar surface area (TPSA) is 100 Å². The van der Waals surface area contributed by atoms with Crippen molar-refractivity contribution in [1.29, 1.82) is 0 Å². The molecule has 0 aliphatic heterocycles. The molecule has 0 aliphatic carbocycles. The highest BCUT2D eigenvalue weighted by Gasteiger charge is 2.29. The average Bonchev–Trinajstić information content (AvgIpc) is 2.57. The minimum atomic E-state index is -4.80. The monoisotopic (exact) mass is 382 g/mol. The third-order valence-electron chi connectivity index (χ3n) is 3.79. The fourth-order valence-corrected chi connectivity index (χ4v) is 2.70. The molecule has 3 N–H and O–H groups in total. The summed E-state index contributed by atoms with van der Waals surface area (Å²) in [6.45, 7) is -0.767. The van der Waals surface area contributed by atoms with Crippen molar-refractivity contribution in [3.05, 3.63) is 70.1 Å². The van der Waals surface area contributed by atoms with E-state index in [9.17, 15) is 33.3 Å². The van der Waals surface area contributed by atoms with Crippen LogP contribution in [0.3, 0.4) is 0 Å². The molecule has 0 saturated heterocycles. The second-order valence-electron chi connectivity index (χ2n) is 5.73. The van der Waals surface area contributed by atoms with Crippen molar-refractivity contribution in [2.24, 2.45) is 0 Å². The number of fused-ring (bicyclic) bond motifs is 1. The lowest BCUT2D eigenvalue weighted by Gasteiger charge is -2.19. The molecule has 3 rings (SSSR count). The second kappa shape index (κ2) is 6.78. The van der Waals surface area contributed by atoms with Gasteiger partial charge in [0.25, 0.3) is 0 Å². The number of aliphatic hydroxyl groups is 3. The minimum Gasteiger partial charge on any atom is -0.423 e. The SMILES string of the molecule is O=c1cc(-c2ccccc2C(O)(O)O)c2ccc(COC(F)(F)F)cc2o1.